The Labute approximate surface area is 197 Å². The van der Waals surface area contributed by atoms with Crippen LogP contribution in [0.25, 0.3) is 0 Å². The van der Waals surface area contributed by atoms with E-state index in [-0.39, 0.29) is 17.8 Å². The number of benzene rings is 3. The summed E-state index contributed by atoms with van der Waals surface area (Å²) in [6.45, 7) is 3.58. The van der Waals surface area contributed by atoms with Crippen LogP contribution in [0, 0.1) is 5.82 Å². The number of carbonyl (C=O) groups is 1. The molecule has 0 radical (unpaired) electrons. The number of anilines is 1. The third kappa shape index (κ3) is 4.14. The van der Waals surface area contributed by atoms with Gasteiger partial charge in [0, 0.05) is 31.7 Å². The van der Waals surface area contributed by atoms with Crippen LogP contribution >= 0.6 is 0 Å². The molecule has 0 aromatic heterocycles. The highest BCUT2D eigenvalue weighted by Crippen LogP contribution is 2.39. The molecular weight excluding hydrogens is 435 g/mol. The number of nitrogens with one attached hydrogen (secondary N) is 1. The Morgan fingerprint density at radius 2 is 1.88 bits per heavy atom. The van der Waals surface area contributed by atoms with Crippen LogP contribution in [-0.2, 0) is 0 Å². The van der Waals surface area contributed by atoms with E-state index in [1.54, 1.807) is 30.2 Å². The first-order valence-corrected chi connectivity index (χ1v) is 11.1. The SMILES string of the molecule is COc1ccc2c(c1)Oc1ccccc1N=C2N1CCN(C(=O)Nc2ccccc2F)C(C)C1. The Hall–Kier alpha value is -4.07. The summed E-state index contributed by atoms with van der Waals surface area (Å²) in [5.41, 5.74) is 1.76. The van der Waals surface area contributed by atoms with Gasteiger partial charge in [0.25, 0.3) is 0 Å². The van der Waals surface area contributed by atoms with Crippen molar-refractivity contribution in [1.29, 1.82) is 0 Å². The minimum atomic E-state index is -0.458. The Morgan fingerprint density at radius 3 is 2.68 bits per heavy atom. The van der Waals surface area contributed by atoms with Crippen LogP contribution in [0.3, 0.4) is 0 Å². The monoisotopic (exact) mass is 460 g/mol. The second-order valence-electron chi connectivity index (χ2n) is 8.27. The number of carbonyl (C=O) groups excluding carboxylic acids is 1. The van der Waals surface area contributed by atoms with E-state index >= 15 is 0 Å². The van der Waals surface area contributed by atoms with Crippen molar-refractivity contribution in [3.05, 3.63) is 78.1 Å². The summed E-state index contributed by atoms with van der Waals surface area (Å²) >= 11 is 0. The predicted molar refractivity (Wildman–Crippen MR) is 129 cm³/mol. The molecule has 0 aliphatic carbocycles. The van der Waals surface area contributed by atoms with Gasteiger partial charge >= 0.3 is 6.03 Å². The smallest absolute Gasteiger partial charge is 0.322 e. The highest BCUT2D eigenvalue weighted by molar-refractivity contribution is 6.04. The van der Waals surface area contributed by atoms with Crippen LogP contribution in [0.4, 0.5) is 20.6 Å². The molecular formula is C26H25FN4O3. The lowest BCUT2D eigenvalue weighted by Gasteiger charge is -2.41. The quantitative estimate of drug-likeness (QED) is 0.567. The van der Waals surface area contributed by atoms with E-state index in [0.29, 0.717) is 36.9 Å². The van der Waals surface area contributed by atoms with Crippen LogP contribution in [0.5, 0.6) is 17.2 Å². The molecule has 2 heterocycles. The molecule has 2 amide bonds. The summed E-state index contributed by atoms with van der Waals surface area (Å²) in [6, 6.07) is 19.0. The van der Waals surface area contributed by atoms with Crippen LogP contribution in [0.15, 0.2) is 71.7 Å². The van der Waals surface area contributed by atoms with Gasteiger partial charge in [-0.25, -0.2) is 14.2 Å². The number of amides is 2. The predicted octanol–water partition coefficient (Wildman–Crippen LogP) is 5.26. The molecule has 174 valence electrons. The van der Waals surface area contributed by atoms with Crippen LogP contribution in [0.2, 0.25) is 0 Å². The summed E-state index contributed by atoms with van der Waals surface area (Å²) in [4.78, 5) is 21.7. The van der Waals surface area contributed by atoms with Crippen LogP contribution in [0.1, 0.15) is 12.5 Å². The lowest BCUT2D eigenvalue weighted by atomic mass is 10.1. The maximum Gasteiger partial charge on any atom is 0.322 e. The summed E-state index contributed by atoms with van der Waals surface area (Å²) in [6.07, 6.45) is 0. The number of methoxy groups -OCH3 is 1. The molecule has 2 aliphatic rings. The summed E-state index contributed by atoms with van der Waals surface area (Å²) in [5.74, 6) is 2.35. The highest BCUT2D eigenvalue weighted by Gasteiger charge is 2.32. The van der Waals surface area contributed by atoms with E-state index in [1.165, 1.54) is 6.07 Å². The number of aliphatic imine (C=N–C) groups is 1. The van der Waals surface area contributed by atoms with Gasteiger partial charge in [0.15, 0.2) is 5.75 Å². The van der Waals surface area contributed by atoms with Crippen LogP contribution < -0.4 is 14.8 Å². The van der Waals surface area contributed by atoms with Gasteiger partial charge in [0.2, 0.25) is 0 Å². The van der Waals surface area contributed by atoms with Crippen molar-refractivity contribution in [1.82, 2.24) is 9.80 Å². The number of fused-ring (bicyclic) bond motifs is 2. The van der Waals surface area contributed by atoms with E-state index in [1.807, 2.05) is 49.4 Å². The molecule has 1 unspecified atom stereocenters. The molecule has 3 aromatic rings. The molecule has 0 saturated carbocycles. The molecule has 34 heavy (non-hydrogen) atoms. The number of hydrogen-bond acceptors (Lipinski definition) is 5. The second-order valence-corrected chi connectivity index (χ2v) is 8.27. The minimum absolute atomic E-state index is 0.121. The molecule has 0 bridgehead atoms. The van der Waals surface area contributed by atoms with Crippen molar-refractivity contribution in [2.45, 2.75) is 13.0 Å². The fourth-order valence-corrected chi connectivity index (χ4v) is 4.27. The van der Waals surface area contributed by atoms with E-state index in [4.69, 9.17) is 14.5 Å². The number of halogens is 1. The molecule has 1 fully saturated rings. The van der Waals surface area contributed by atoms with Crippen LogP contribution in [-0.4, -0.2) is 54.5 Å². The lowest BCUT2D eigenvalue weighted by Crippen LogP contribution is -2.56. The average Bonchev–Trinajstić information content (AvgIpc) is 3.01. The number of piperazine rings is 1. The summed E-state index contributed by atoms with van der Waals surface area (Å²) in [7, 11) is 1.62. The first-order chi connectivity index (χ1) is 16.5. The Morgan fingerprint density at radius 1 is 1.09 bits per heavy atom. The maximum absolute atomic E-state index is 14.0. The fraction of sp³-hybridized carbons (Fsp3) is 0.231. The normalized spacial score (nSPS) is 17.0. The van der Waals surface area contributed by atoms with Gasteiger partial charge < -0.3 is 24.6 Å². The lowest BCUT2D eigenvalue weighted by molar-refractivity contribution is 0.144. The van der Waals surface area contributed by atoms with E-state index in [9.17, 15) is 9.18 Å². The van der Waals surface area contributed by atoms with Gasteiger partial charge in [-0.15, -0.1) is 0 Å². The van der Waals surface area contributed by atoms with Gasteiger partial charge in [0.05, 0.1) is 18.4 Å². The third-order valence-corrected chi connectivity index (χ3v) is 6.04. The standard InChI is InChI=1S/C26H25FN4O3/c1-17-16-30(13-14-31(17)26(32)29-21-8-4-3-7-20(21)27)25-19-12-11-18(33-2)15-24(19)34-23-10-6-5-9-22(23)28-25/h3-12,15,17H,13-14,16H2,1-2H3,(H,29,32). The van der Waals surface area contributed by atoms with Crippen molar-refractivity contribution >= 4 is 23.2 Å². The number of nitrogens with zero attached hydrogens (tertiary/aromatic N) is 3. The molecule has 0 spiro atoms. The molecule has 1 atom stereocenters. The van der Waals surface area contributed by atoms with E-state index in [0.717, 1.165) is 17.1 Å². The van der Waals surface area contributed by atoms with E-state index in [2.05, 4.69) is 10.2 Å². The van der Waals surface area contributed by atoms with Gasteiger partial charge in [-0.05, 0) is 43.3 Å². The van der Waals surface area contributed by atoms with Gasteiger partial charge in [-0.2, -0.15) is 0 Å². The number of hydrogen-bond donors (Lipinski definition) is 1. The molecule has 3 aromatic carbocycles. The first-order valence-electron chi connectivity index (χ1n) is 11.1. The molecule has 1 N–H and O–H groups in total. The zero-order valence-electron chi connectivity index (χ0n) is 19.0. The topological polar surface area (TPSA) is 66.4 Å². The fourth-order valence-electron chi connectivity index (χ4n) is 4.27. The van der Waals surface area contributed by atoms with Gasteiger partial charge in [0.1, 0.15) is 28.8 Å². The van der Waals surface area contributed by atoms with Crippen molar-refractivity contribution in [2.24, 2.45) is 4.99 Å². The Bertz CT molecular complexity index is 1260. The maximum atomic E-state index is 14.0. The van der Waals surface area contributed by atoms with Crippen molar-refractivity contribution in [3.63, 3.8) is 0 Å². The zero-order valence-corrected chi connectivity index (χ0v) is 19.0. The number of urea groups is 1. The Kier molecular flexibility index (Phi) is 5.79. The molecule has 5 rings (SSSR count). The molecule has 1 saturated heterocycles. The van der Waals surface area contributed by atoms with Crippen molar-refractivity contribution in [2.75, 3.05) is 32.1 Å². The van der Waals surface area contributed by atoms with Gasteiger partial charge in [-0.1, -0.05) is 24.3 Å². The van der Waals surface area contributed by atoms with Crippen molar-refractivity contribution < 1.29 is 18.7 Å². The third-order valence-electron chi connectivity index (χ3n) is 6.04. The molecule has 2 aliphatic heterocycles. The second kappa shape index (κ2) is 9.05. The number of rotatable bonds is 2. The summed E-state index contributed by atoms with van der Waals surface area (Å²) < 4.78 is 25.6. The zero-order chi connectivity index (χ0) is 23.7. The molecule has 7 nitrogen and oxygen atoms in total. The van der Waals surface area contributed by atoms with Crippen molar-refractivity contribution in [3.8, 4) is 17.2 Å². The number of para-hydroxylation sites is 3. The van der Waals surface area contributed by atoms with E-state index < -0.39 is 5.82 Å². The molecule has 8 heteroatoms. The van der Waals surface area contributed by atoms with Gasteiger partial charge in [-0.3, -0.25) is 0 Å². The highest BCUT2D eigenvalue weighted by atomic mass is 19.1. The summed E-state index contributed by atoms with van der Waals surface area (Å²) in [5, 5.41) is 2.69. The largest absolute Gasteiger partial charge is 0.497 e. The minimum Gasteiger partial charge on any atom is -0.497 e. The Balaban J connectivity index is 1.41. The average molecular weight is 461 g/mol. The first kappa shape index (κ1) is 21.8. The number of ether oxygens (including phenoxy) is 2. The number of amidine groups is 1.